The number of hydrogen-bond acceptors (Lipinski definition) is 3. The molecule has 108 valence electrons. The van der Waals surface area contributed by atoms with Crippen molar-refractivity contribution in [3.05, 3.63) is 29.6 Å². The van der Waals surface area contributed by atoms with E-state index in [1.807, 2.05) is 20.8 Å². The third kappa shape index (κ3) is 7.13. The molecule has 1 N–H and O–H groups in total. The maximum Gasteiger partial charge on any atom is 0.165 e. The molecule has 0 aliphatic rings. The van der Waals surface area contributed by atoms with Crippen LogP contribution in [0.3, 0.4) is 0 Å². The molecule has 0 unspecified atom stereocenters. The van der Waals surface area contributed by atoms with Gasteiger partial charge in [-0.05, 0) is 51.4 Å². The number of ether oxygens (including phenoxy) is 2. The summed E-state index contributed by atoms with van der Waals surface area (Å²) in [6.07, 6.45) is 1.25. The molecule has 0 aromatic heterocycles. The van der Waals surface area contributed by atoms with Crippen LogP contribution in [0.2, 0.25) is 0 Å². The first-order chi connectivity index (χ1) is 9.09. The predicted molar refractivity (Wildman–Crippen MR) is 75.2 cm³/mol. The lowest BCUT2D eigenvalue weighted by molar-refractivity contribution is 0.0769. The van der Waals surface area contributed by atoms with Gasteiger partial charge in [-0.25, -0.2) is 4.39 Å². The van der Waals surface area contributed by atoms with E-state index in [9.17, 15) is 4.39 Å². The maximum atomic E-state index is 13.4. The summed E-state index contributed by atoms with van der Waals surface area (Å²) in [5, 5.41) is 3.24. The molecule has 1 aromatic carbocycles. The second-order valence-electron chi connectivity index (χ2n) is 4.81. The van der Waals surface area contributed by atoms with Crippen molar-refractivity contribution in [2.75, 3.05) is 26.3 Å². The topological polar surface area (TPSA) is 30.5 Å². The average molecular weight is 269 g/mol. The molecule has 19 heavy (non-hydrogen) atoms. The van der Waals surface area contributed by atoms with E-state index in [4.69, 9.17) is 9.47 Å². The lowest BCUT2D eigenvalue weighted by atomic mass is 10.2. The van der Waals surface area contributed by atoms with Crippen LogP contribution in [0, 0.1) is 12.7 Å². The van der Waals surface area contributed by atoms with Crippen molar-refractivity contribution in [2.24, 2.45) is 0 Å². The average Bonchev–Trinajstić information content (AvgIpc) is 2.36. The highest BCUT2D eigenvalue weighted by Crippen LogP contribution is 2.17. The zero-order valence-electron chi connectivity index (χ0n) is 12.0. The molecule has 0 atom stereocenters. The molecule has 0 aliphatic heterocycles. The number of halogens is 1. The molecule has 0 amide bonds. The molecule has 1 aromatic rings. The van der Waals surface area contributed by atoms with Crippen molar-refractivity contribution in [1.82, 2.24) is 5.32 Å². The first-order valence-electron chi connectivity index (χ1n) is 6.81. The van der Waals surface area contributed by atoms with E-state index in [-0.39, 0.29) is 11.9 Å². The van der Waals surface area contributed by atoms with Gasteiger partial charge in [0.15, 0.2) is 11.6 Å². The van der Waals surface area contributed by atoms with Crippen molar-refractivity contribution in [1.29, 1.82) is 0 Å². The minimum Gasteiger partial charge on any atom is -0.489 e. The van der Waals surface area contributed by atoms with Gasteiger partial charge in [-0.2, -0.15) is 0 Å². The van der Waals surface area contributed by atoms with Crippen LogP contribution in [0.4, 0.5) is 4.39 Å². The summed E-state index contributed by atoms with van der Waals surface area (Å²) < 4.78 is 24.2. The van der Waals surface area contributed by atoms with Crippen LogP contribution in [0.1, 0.15) is 25.8 Å². The third-order valence-electron chi connectivity index (χ3n) is 2.57. The van der Waals surface area contributed by atoms with Crippen molar-refractivity contribution in [2.45, 2.75) is 33.3 Å². The molecule has 0 fully saturated rings. The Hall–Kier alpha value is -1.13. The van der Waals surface area contributed by atoms with Crippen molar-refractivity contribution < 1.29 is 13.9 Å². The van der Waals surface area contributed by atoms with Gasteiger partial charge in [-0.1, -0.05) is 6.07 Å². The first kappa shape index (κ1) is 15.9. The van der Waals surface area contributed by atoms with Crippen molar-refractivity contribution in [3.63, 3.8) is 0 Å². The standard InChI is InChI=1S/C15H24FNO2/c1-12(2)18-9-4-7-17-8-10-19-15-11-13(3)5-6-14(15)16/h5-6,11-12,17H,4,7-10H2,1-3H3. The monoisotopic (exact) mass is 269 g/mol. The van der Waals surface area contributed by atoms with Crippen LogP contribution in [-0.4, -0.2) is 32.4 Å². The lowest BCUT2D eigenvalue weighted by Crippen LogP contribution is -2.23. The predicted octanol–water partition coefficient (Wildman–Crippen LogP) is 2.92. The van der Waals surface area contributed by atoms with Crippen LogP contribution in [0.15, 0.2) is 18.2 Å². The van der Waals surface area contributed by atoms with Crippen LogP contribution in [0.5, 0.6) is 5.75 Å². The smallest absolute Gasteiger partial charge is 0.165 e. The second-order valence-corrected chi connectivity index (χ2v) is 4.81. The Labute approximate surface area is 115 Å². The number of rotatable bonds is 9. The summed E-state index contributed by atoms with van der Waals surface area (Å²) >= 11 is 0. The Bertz CT molecular complexity index is 369. The van der Waals surface area contributed by atoms with E-state index in [2.05, 4.69) is 5.32 Å². The lowest BCUT2D eigenvalue weighted by Gasteiger charge is -2.10. The quantitative estimate of drug-likeness (QED) is 0.699. The van der Waals surface area contributed by atoms with Gasteiger partial charge in [0.25, 0.3) is 0 Å². The molecular formula is C15H24FNO2. The van der Waals surface area contributed by atoms with Gasteiger partial charge in [-0.3, -0.25) is 0 Å². The van der Waals surface area contributed by atoms with Gasteiger partial charge < -0.3 is 14.8 Å². The van der Waals surface area contributed by atoms with Crippen LogP contribution < -0.4 is 10.1 Å². The third-order valence-corrected chi connectivity index (χ3v) is 2.57. The Kier molecular flexibility index (Phi) is 7.45. The van der Waals surface area contributed by atoms with E-state index < -0.39 is 0 Å². The molecule has 0 heterocycles. The van der Waals surface area contributed by atoms with E-state index >= 15 is 0 Å². The van der Waals surface area contributed by atoms with E-state index in [0.717, 1.165) is 25.1 Å². The SMILES string of the molecule is Cc1ccc(F)c(OCCNCCCOC(C)C)c1. The largest absolute Gasteiger partial charge is 0.489 e. The summed E-state index contributed by atoms with van der Waals surface area (Å²) in [6.45, 7) is 8.78. The second kappa shape index (κ2) is 8.88. The van der Waals surface area contributed by atoms with Crippen LogP contribution >= 0.6 is 0 Å². The number of benzene rings is 1. The van der Waals surface area contributed by atoms with Crippen LogP contribution in [0.25, 0.3) is 0 Å². The number of nitrogens with one attached hydrogen (secondary N) is 1. The minimum absolute atomic E-state index is 0.285. The van der Waals surface area contributed by atoms with Crippen molar-refractivity contribution >= 4 is 0 Å². The fourth-order valence-corrected chi connectivity index (χ4v) is 1.60. The Morgan fingerprint density at radius 2 is 2.00 bits per heavy atom. The fraction of sp³-hybridized carbons (Fsp3) is 0.600. The highest BCUT2D eigenvalue weighted by atomic mass is 19.1. The maximum absolute atomic E-state index is 13.4. The minimum atomic E-state index is -0.309. The van der Waals surface area contributed by atoms with Gasteiger partial charge >= 0.3 is 0 Å². The van der Waals surface area contributed by atoms with E-state index in [1.54, 1.807) is 12.1 Å². The van der Waals surface area contributed by atoms with E-state index in [1.165, 1.54) is 6.07 Å². The summed E-state index contributed by atoms with van der Waals surface area (Å²) in [5.41, 5.74) is 0.996. The first-order valence-corrected chi connectivity index (χ1v) is 6.81. The molecule has 0 bridgehead atoms. The highest BCUT2D eigenvalue weighted by Gasteiger charge is 2.02. The summed E-state index contributed by atoms with van der Waals surface area (Å²) in [6, 6.07) is 4.88. The van der Waals surface area contributed by atoms with E-state index in [0.29, 0.717) is 18.9 Å². The highest BCUT2D eigenvalue weighted by molar-refractivity contribution is 5.29. The number of aryl methyl sites for hydroxylation is 1. The molecule has 0 saturated heterocycles. The molecular weight excluding hydrogens is 245 g/mol. The Morgan fingerprint density at radius 1 is 1.21 bits per heavy atom. The van der Waals surface area contributed by atoms with Gasteiger partial charge in [-0.15, -0.1) is 0 Å². The molecule has 0 saturated carbocycles. The molecule has 4 heteroatoms. The zero-order chi connectivity index (χ0) is 14.1. The Morgan fingerprint density at radius 3 is 2.74 bits per heavy atom. The van der Waals surface area contributed by atoms with Gasteiger partial charge in [0, 0.05) is 13.2 Å². The normalized spacial score (nSPS) is 11.0. The molecule has 0 spiro atoms. The molecule has 3 nitrogen and oxygen atoms in total. The fourth-order valence-electron chi connectivity index (χ4n) is 1.60. The van der Waals surface area contributed by atoms with Gasteiger partial charge in [0.1, 0.15) is 6.61 Å². The zero-order valence-corrected chi connectivity index (χ0v) is 12.0. The molecule has 0 radical (unpaired) electrons. The summed E-state index contributed by atoms with van der Waals surface area (Å²) in [7, 11) is 0. The summed E-state index contributed by atoms with van der Waals surface area (Å²) in [4.78, 5) is 0. The molecule has 0 aliphatic carbocycles. The Balaban J connectivity index is 2.06. The summed E-state index contributed by atoms with van der Waals surface area (Å²) in [5.74, 6) is 0.0147. The number of hydrogen-bond donors (Lipinski definition) is 1. The van der Waals surface area contributed by atoms with Gasteiger partial charge in [0.2, 0.25) is 0 Å². The van der Waals surface area contributed by atoms with Crippen molar-refractivity contribution in [3.8, 4) is 5.75 Å². The van der Waals surface area contributed by atoms with Gasteiger partial charge in [0.05, 0.1) is 6.10 Å². The van der Waals surface area contributed by atoms with Crippen LogP contribution in [-0.2, 0) is 4.74 Å². The molecule has 1 rings (SSSR count).